The van der Waals surface area contributed by atoms with Gasteiger partial charge in [0.25, 0.3) is 0 Å². The van der Waals surface area contributed by atoms with Gasteiger partial charge in [0.1, 0.15) is 0 Å². The molecule has 0 aromatic heterocycles. The Balaban J connectivity index is 1.65. The molecule has 4 aliphatic rings. The average molecular weight is 374 g/mol. The first kappa shape index (κ1) is 18.7. The monoisotopic (exact) mass is 373 g/mol. The highest BCUT2D eigenvalue weighted by Crippen LogP contribution is 2.44. The summed E-state index contributed by atoms with van der Waals surface area (Å²) in [6, 6.07) is 0. The van der Waals surface area contributed by atoms with Crippen LogP contribution in [0.15, 0.2) is 88.4 Å². The van der Waals surface area contributed by atoms with Crippen LogP contribution >= 0.6 is 0 Å². The van der Waals surface area contributed by atoms with Crippen molar-refractivity contribution in [1.29, 1.82) is 0 Å². The van der Waals surface area contributed by atoms with E-state index in [2.05, 4.69) is 65.8 Å². The van der Waals surface area contributed by atoms with E-state index in [1.165, 1.54) is 41.1 Å². The third-order valence-corrected chi connectivity index (χ3v) is 5.96. The molecule has 0 aromatic rings. The van der Waals surface area contributed by atoms with E-state index < -0.39 is 0 Å². The van der Waals surface area contributed by atoms with Gasteiger partial charge >= 0.3 is 0 Å². The summed E-state index contributed by atoms with van der Waals surface area (Å²) < 4.78 is 0. The van der Waals surface area contributed by atoms with Gasteiger partial charge in [-0.1, -0.05) is 31.4 Å². The van der Waals surface area contributed by atoms with Crippen LogP contribution in [-0.2, 0) is 0 Å². The van der Waals surface area contributed by atoms with E-state index in [0.717, 1.165) is 49.5 Å². The van der Waals surface area contributed by atoms with Gasteiger partial charge in [-0.3, -0.25) is 0 Å². The number of rotatable bonds is 6. The third kappa shape index (κ3) is 3.68. The zero-order chi connectivity index (χ0) is 19.7. The lowest BCUT2D eigenvalue weighted by atomic mass is 9.89. The molecule has 0 unspecified atom stereocenters. The Morgan fingerprint density at radius 1 is 1.29 bits per heavy atom. The van der Waals surface area contributed by atoms with Gasteiger partial charge in [0.05, 0.1) is 5.70 Å². The van der Waals surface area contributed by atoms with Gasteiger partial charge in [-0.15, -0.1) is 5.73 Å². The molecule has 0 bridgehead atoms. The number of allylic oxidation sites excluding steroid dienone is 9. The molecule has 28 heavy (non-hydrogen) atoms. The van der Waals surface area contributed by atoms with Crippen molar-refractivity contribution in [1.82, 2.24) is 15.5 Å². The molecule has 1 heterocycles. The average Bonchev–Trinajstić information content (AvgIpc) is 3.53. The Hall–Kier alpha value is -2.64. The second kappa shape index (κ2) is 7.77. The van der Waals surface area contributed by atoms with Crippen molar-refractivity contribution >= 4 is 0 Å². The summed E-state index contributed by atoms with van der Waals surface area (Å²) in [7, 11) is 2.15. The maximum Gasteiger partial charge on any atom is 0.0924 e. The van der Waals surface area contributed by atoms with Crippen molar-refractivity contribution in [3.63, 3.8) is 0 Å². The van der Waals surface area contributed by atoms with Crippen LogP contribution in [0, 0.1) is 5.92 Å². The van der Waals surface area contributed by atoms with E-state index in [9.17, 15) is 0 Å². The topological polar surface area (TPSA) is 27.3 Å². The Morgan fingerprint density at radius 3 is 2.82 bits per heavy atom. The van der Waals surface area contributed by atoms with Gasteiger partial charge in [0, 0.05) is 42.0 Å². The number of hydrogen-bond donors (Lipinski definition) is 2. The van der Waals surface area contributed by atoms with E-state index in [0.29, 0.717) is 0 Å². The Morgan fingerprint density at radius 2 is 2.11 bits per heavy atom. The highest BCUT2D eigenvalue weighted by atomic mass is 15.1. The first-order valence-corrected chi connectivity index (χ1v) is 10.4. The third-order valence-electron chi connectivity index (χ3n) is 5.96. The minimum Gasteiger partial charge on any atom is -0.384 e. The fourth-order valence-corrected chi connectivity index (χ4v) is 4.41. The molecule has 3 nitrogen and oxygen atoms in total. The molecule has 0 amide bonds. The highest BCUT2D eigenvalue weighted by Gasteiger charge is 2.32. The zero-order valence-corrected chi connectivity index (χ0v) is 17.2. The zero-order valence-electron chi connectivity index (χ0n) is 17.2. The molecule has 0 spiro atoms. The van der Waals surface area contributed by atoms with Gasteiger partial charge in [-0.05, 0) is 68.6 Å². The highest BCUT2D eigenvalue weighted by molar-refractivity contribution is 5.53. The molecule has 0 atom stereocenters. The van der Waals surface area contributed by atoms with Crippen molar-refractivity contribution in [3.05, 3.63) is 88.4 Å². The van der Waals surface area contributed by atoms with Crippen molar-refractivity contribution in [3.8, 4) is 0 Å². The number of nitrogens with one attached hydrogen (secondary N) is 2. The number of nitrogens with zero attached hydrogens (tertiary/aromatic N) is 1. The van der Waals surface area contributed by atoms with Crippen LogP contribution in [0.25, 0.3) is 0 Å². The molecule has 146 valence electrons. The number of likely N-dealkylation sites (N-methyl/N-ethyl adjacent to an activating group) is 1. The lowest BCUT2D eigenvalue weighted by molar-refractivity contribution is 0.492. The molecule has 2 N–H and O–H groups in total. The van der Waals surface area contributed by atoms with Crippen LogP contribution < -0.4 is 10.6 Å². The standard InChI is InChI=1S/C25H31N3/c1-5-25(21-8-6-7-9-24(21)27-17(2)3)28(4)19-12-13-23-22(16-19)20(14-15-26-23)18-10-11-18/h6,8,14,16,18,26-27H,1-2,7,9-13,15H2,3-4H3. The van der Waals surface area contributed by atoms with Gasteiger partial charge in [-0.2, -0.15) is 0 Å². The molecule has 3 aliphatic carbocycles. The van der Waals surface area contributed by atoms with E-state index in [1.54, 1.807) is 5.57 Å². The van der Waals surface area contributed by atoms with Gasteiger partial charge in [0.15, 0.2) is 0 Å². The van der Waals surface area contributed by atoms with Crippen molar-refractivity contribution in [2.75, 3.05) is 13.6 Å². The molecular formula is C25H31N3. The van der Waals surface area contributed by atoms with Crippen LogP contribution in [-0.4, -0.2) is 18.5 Å². The Labute approximate surface area is 169 Å². The van der Waals surface area contributed by atoms with Crippen molar-refractivity contribution in [2.24, 2.45) is 5.92 Å². The quantitative estimate of drug-likeness (QED) is 0.628. The molecule has 3 heteroatoms. The van der Waals surface area contributed by atoms with Gasteiger partial charge in [0.2, 0.25) is 0 Å². The summed E-state index contributed by atoms with van der Waals surface area (Å²) >= 11 is 0. The van der Waals surface area contributed by atoms with Gasteiger partial charge in [-0.25, -0.2) is 0 Å². The Kier molecular flexibility index (Phi) is 5.19. The minimum atomic E-state index is 0.776. The lowest BCUT2D eigenvalue weighted by Gasteiger charge is -2.32. The normalized spacial score (nSPS) is 21.2. The second-order valence-corrected chi connectivity index (χ2v) is 8.17. The molecular weight excluding hydrogens is 342 g/mol. The first-order valence-electron chi connectivity index (χ1n) is 10.4. The van der Waals surface area contributed by atoms with E-state index in [1.807, 2.05) is 6.92 Å². The number of dihydropyridines is 1. The largest absolute Gasteiger partial charge is 0.384 e. The minimum absolute atomic E-state index is 0.776. The summed E-state index contributed by atoms with van der Waals surface area (Å²) in [5, 5.41) is 7.04. The van der Waals surface area contributed by atoms with Gasteiger partial charge < -0.3 is 15.5 Å². The number of hydrogen-bond acceptors (Lipinski definition) is 3. The van der Waals surface area contributed by atoms with Crippen molar-refractivity contribution in [2.45, 2.75) is 45.4 Å². The van der Waals surface area contributed by atoms with E-state index in [-0.39, 0.29) is 0 Å². The van der Waals surface area contributed by atoms with Crippen LogP contribution in [0.3, 0.4) is 0 Å². The van der Waals surface area contributed by atoms with Crippen molar-refractivity contribution < 1.29 is 0 Å². The maximum atomic E-state index is 4.02. The first-order chi connectivity index (χ1) is 13.6. The van der Waals surface area contributed by atoms with Crippen LogP contribution in [0.5, 0.6) is 0 Å². The summed E-state index contributed by atoms with van der Waals surface area (Å²) in [5.41, 5.74) is 13.4. The molecule has 1 aliphatic heterocycles. The summed E-state index contributed by atoms with van der Waals surface area (Å²) in [5.74, 6) is 0.776. The van der Waals surface area contributed by atoms with E-state index >= 15 is 0 Å². The van der Waals surface area contributed by atoms with Crippen LogP contribution in [0.1, 0.15) is 45.4 Å². The predicted molar refractivity (Wildman–Crippen MR) is 117 cm³/mol. The summed E-state index contributed by atoms with van der Waals surface area (Å²) in [6.07, 6.45) is 16.0. The summed E-state index contributed by atoms with van der Waals surface area (Å²) in [4.78, 5) is 2.28. The van der Waals surface area contributed by atoms with Crippen LogP contribution in [0.4, 0.5) is 0 Å². The molecule has 0 radical (unpaired) electrons. The predicted octanol–water partition coefficient (Wildman–Crippen LogP) is 5.19. The molecule has 4 rings (SSSR count). The fraction of sp³-hybridized carbons (Fsp3) is 0.400. The molecule has 1 saturated carbocycles. The Bertz CT molecular complexity index is 896. The lowest BCUT2D eigenvalue weighted by Crippen LogP contribution is -2.27. The summed E-state index contributed by atoms with van der Waals surface area (Å²) in [6.45, 7) is 11.0. The molecule has 1 fully saturated rings. The smallest absolute Gasteiger partial charge is 0.0924 e. The molecule has 0 aromatic carbocycles. The fourth-order valence-electron chi connectivity index (χ4n) is 4.41. The second-order valence-electron chi connectivity index (χ2n) is 8.17. The molecule has 0 saturated heterocycles. The van der Waals surface area contributed by atoms with E-state index in [4.69, 9.17) is 0 Å². The SMILES string of the molecule is C=C=C(C1=C(NC(=C)C)CCC=C1)N(C)C1=CC2=C(CC1)NCC=C2C1CC1. The maximum absolute atomic E-state index is 4.02. The van der Waals surface area contributed by atoms with Crippen LogP contribution in [0.2, 0.25) is 0 Å².